The van der Waals surface area contributed by atoms with Gasteiger partial charge in [0.15, 0.2) is 0 Å². The molecule has 2 atom stereocenters. The van der Waals surface area contributed by atoms with Crippen LogP contribution < -0.4 is 26.2 Å². The van der Waals surface area contributed by atoms with Crippen molar-refractivity contribution < 1.29 is 13.2 Å². The lowest BCUT2D eigenvalue weighted by molar-refractivity contribution is -0.137. The predicted octanol–water partition coefficient (Wildman–Crippen LogP) is 5.35. The highest BCUT2D eigenvalue weighted by Crippen LogP contribution is 2.38. The van der Waals surface area contributed by atoms with Crippen LogP contribution in [-0.4, -0.2) is 35.8 Å². The fraction of sp³-hybridized carbons (Fsp3) is 0.360. The second-order valence-corrected chi connectivity index (χ2v) is 8.90. The fourth-order valence-corrected chi connectivity index (χ4v) is 4.48. The molecule has 1 saturated heterocycles. The summed E-state index contributed by atoms with van der Waals surface area (Å²) in [6.07, 6.45) is -0.320. The lowest BCUT2D eigenvalue weighted by atomic mass is 10.1. The highest BCUT2D eigenvalue weighted by atomic mass is 19.4. The van der Waals surface area contributed by atoms with E-state index in [2.05, 4.69) is 49.4 Å². The summed E-state index contributed by atoms with van der Waals surface area (Å²) in [6, 6.07) is 13.4. The molecule has 0 radical (unpaired) electrons. The van der Waals surface area contributed by atoms with Crippen LogP contribution in [0.15, 0.2) is 54.7 Å². The van der Waals surface area contributed by atoms with Gasteiger partial charge in [-0.05, 0) is 68.3 Å². The molecule has 2 aromatic carbocycles. The molecule has 2 unspecified atom stereocenters. The number of fused-ring (bicyclic) bond motifs is 1. The van der Waals surface area contributed by atoms with E-state index in [1.807, 2.05) is 11.0 Å². The Morgan fingerprint density at radius 3 is 2.86 bits per heavy atom. The van der Waals surface area contributed by atoms with Crippen LogP contribution in [0.2, 0.25) is 0 Å². The molecule has 0 saturated carbocycles. The van der Waals surface area contributed by atoms with Crippen LogP contribution in [0.3, 0.4) is 0 Å². The third-order valence-electron chi connectivity index (χ3n) is 6.41. The molecule has 10 heteroatoms. The molecule has 0 spiro atoms. The van der Waals surface area contributed by atoms with Crippen molar-refractivity contribution in [1.29, 1.82) is 0 Å². The van der Waals surface area contributed by atoms with E-state index in [1.54, 1.807) is 19.2 Å². The van der Waals surface area contributed by atoms with Crippen LogP contribution in [0.5, 0.6) is 0 Å². The first-order chi connectivity index (χ1) is 16.9. The number of nitrogens with one attached hydrogen (secondary N) is 4. The minimum absolute atomic E-state index is 0.350. The second-order valence-electron chi connectivity index (χ2n) is 8.90. The predicted molar refractivity (Wildman–Crippen MR) is 132 cm³/mol. The first kappa shape index (κ1) is 23.2. The van der Waals surface area contributed by atoms with Gasteiger partial charge in [0.05, 0.1) is 29.6 Å². The zero-order valence-electron chi connectivity index (χ0n) is 19.4. The Morgan fingerprint density at radius 1 is 1.17 bits per heavy atom. The third-order valence-corrected chi connectivity index (χ3v) is 6.41. The summed E-state index contributed by atoms with van der Waals surface area (Å²) in [7, 11) is 0. The van der Waals surface area contributed by atoms with Gasteiger partial charge in [-0.15, -0.1) is 0 Å². The van der Waals surface area contributed by atoms with Gasteiger partial charge in [0, 0.05) is 24.5 Å². The molecule has 0 bridgehead atoms. The molecule has 4 N–H and O–H groups in total. The van der Waals surface area contributed by atoms with Crippen LogP contribution in [0, 0.1) is 0 Å². The van der Waals surface area contributed by atoms with E-state index < -0.39 is 17.8 Å². The van der Waals surface area contributed by atoms with Crippen molar-refractivity contribution in [2.24, 2.45) is 0 Å². The Hall–Kier alpha value is -3.53. The van der Waals surface area contributed by atoms with Crippen molar-refractivity contribution in [2.75, 3.05) is 40.6 Å². The van der Waals surface area contributed by atoms with Crippen LogP contribution in [0.1, 0.15) is 36.9 Å². The van der Waals surface area contributed by atoms with Gasteiger partial charge in [-0.3, -0.25) is 0 Å². The molecule has 0 aliphatic carbocycles. The summed E-state index contributed by atoms with van der Waals surface area (Å²) in [6.45, 7) is 4.32. The zero-order valence-corrected chi connectivity index (χ0v) is 19.4. The summed E-state index contributed by atoms with van der Waals surface area (Å²) >= 11 is 0. The lowest BCUT2D eigenvalue weighted by Crippen LogP contribution is -2.29. The highest BCUT2D eigenvalue weighted by Gasteiger charge is 2.30. The molecular weight excluding hydrogens is 455 g/mol. The molecule has 3 aromatic rings. The van der Waals surface area contributed by atoms with Gasteiger partial charge < -0.3 is 26.2 Å². The number of hydrogen-bond acceptors (Lipinski definition) is 7. The Labute approximate surface area is 202 Å². The maximum Gasteiger partial charge on any atom is 0.416 e. The van der Waals surface area contributed by atoms with Crippen LogP contribution >= 0.6 is 0 Å². The largest absolute Gasteiger partial charge is 0.416 e. The smallest absolute Gasteiger partial charge is 0.383 e. The van der Waals surface area contributed by atoms with Crippen LogP contribution in [0.4, 0.5) is 42.0 Å². The van der Waals surface area contributed by atoms with Crippen LogP contribution in [0.25, 0.3) is 0 Å². The normalized spacial score (nSPS) is 18.2. The lowest BCUT2D eigenvalue weighted by Gasteiger charge is -2.20. The first-order valence-corrected chi connectivity index (χ1v) is 11.8. The summed E-state index contributed by atoms with van der Waals surface area (Å²) in [5.74, 6) is 1.05. The van der Waals surface area contributed by atoms with Gasteiger partial charge >= 0.3 is 6.18 Å². The molecular formula is C25H28F3N7. The molecule has 184 valence electrons. The van der Waals surface area contributed by atoms with Crippen molar-refractivity contribution in [3.63, 3.8) is 0 Å². The number of alkyl halides is 3. The molecule has 1 aromatic heterocycles. The third kappa shape index (κ3) is 5.27. The maximum absolute atomic E-state index is 13.1. The maximum atomic E-state index is 13.1. The number of anilines is 5. The monoisotopic (exact) mass is 483 g/mol. The Balaban J connectivity index is 1.27. The van der Waals surface area contributed by atoms with Crippen molar-refractivity contribution in [3.8, 4) is 0 Å². The quantitative estimate of drug-likeness (QED) is 0.361. The molecule has 2 aliphatic rings. The molecule has 2 aliphatic heterocycles. The average molecular weight is 484 g/mol. The molecule has 1 fully saturated rings. The van der Waals surface area contributed by atoms with Gasteiger partial charge in [0.1, 0.15) is 5.82 Å². The SMILES string of the molecule is CC(Nc1nccc(N2CNc3cc(NCC4CCCN4)ccc32)n1)c1cccc(C(F)(F)F)c1. The fourth-order valence-electron chi connectivity index (χ4n) is 4.48. The van der Waals surface area contributed by atoms with Gasteiger partial charge in [0.2, 0.25) is 5.95 Å². The number of halogens is 3. The molecule has 0 amide bonds. The van der Waals surface area contributed by atoms with Gasteiger partial charge in [-0.1, -0.05) is 12.1 Å². The van der Waals surface area contributed by atoms with Gasteiger partial charge in [-0.25, -0.2) is 4.98 Å². The van der Waals surface area contributed by atoms with Crippen molar-refractivity contribution in [2.45, 2.75) is 38.0 Å². The number of benzene rings is 2. The topological polar surface area (TPSA) is 77.1 Å². The first-order valence-electron chi connectivity index (χ1n) is 11.8. The summed E-state index contributed by atoms with van der Waals surface area (Å²) in [5.41, 5.74) is 2.91. The standard InChI is InChI=1S/C25H28F3N7/c1-16(17-4-2-5-18(12-17)25(26,27)28)33-24-30-11-9-23(34-24)35-15-32-21-13-19(7-8-22(21)35)31-14-20-6-3-10-29-20/h2,4-5,7-9,11-13,16,20,29,31-32H,3,6,10,14-15H2,1H3,(H,30,33,34). The van der Waals surface area contributed by atoms with Gasteiger partial charge in [-0.2, -0.15) is 18.2 Å². The van der Waals surface area contributed by atoms with Crippen molar-refractivity contribution in [1.82, 2.24) is 15.3 Å². The van der Waals surface area contributed by atoms with E-state index >= 15 is 0 Å². The van der Waals surface area contributed by atoms with E-state index in [1.165, 1.54) is 18.9 Å². The van der Waals surface area contributed by atoms with E-state index in [4.69, 9.17) is 0 Å². The van der Waals surface area contributed by atoms with Crippen LogP contribution in [-0.2, 0) is 6.18 Å². The van der Waals surface area contributed by atoms with E-state index in [9.17, 15) is 13.2 Å². The Morgan fingerprint density at radius 2 is 2.06 bits per heavy atom. The number of nitrogens with zero attached hydrogens (tertiary/aromatic N) is 3. The van der Waals surface area contributed by atoms with E-state index in [0.717, 1.165) is 42.3 Å². The summed E-state index contributed by atoms with van der Waals surface area (Å²) in [4.78, 5) is 10.9. The molecule has 3 heterocycles. The number of aromatic nitrogens is 2. The van der Waals surface area contributed by atoms with Gasteiger partial charge in [0.25, 0.3) is 0 Å². The Kier molecular flexibility index (Phi) is 6.38. The minimum atomic E-state index is -4.38. The molecule has 5 rings (SSSR count). The summed E-state index contributed by atoms with van der Waals surface area (Å²) in [5, 5.41) is 13.5. The Bertz CT molecular complexity index is 1180. The highest BCUT2D eigenvalue weighted by molar-refractivity contribution is 5.83. The van der Waals surface area contributed by atoms with Crippen molar-refractivity contribution in [3.05, 3.63) is 65.9 Å². The number of rotatable bonds is 7. The number of hydrogen-bond donors (Lipinski definition) is 4. The molecule has 7 nitrogen and oxygen atoms in total. The second kappa shape index (κ2) is 9.61. The van der Waals surface area contributed by atoms with Crippen molar-refractivity contribution >= 4 is 28.8 Å². The molecule has 35 heavy (non-hydrogen) atoms. The van der Waals surface area contributed by atoms with E-state index in [0.29, 0.717) is 30.0 Å². The minimum Gasteiger partial charge on any atom is -0.383 e. The van der Waals surface area contributed by atoms with E-state index in [-0.39, 0.29) is 0 Å². The summed E-state index contributed by atoms with van der Waals surface area (Å²) < 4.78 is 39.2. The zero-order chi connectivity index (χ0) is 24.4. The average Bonchev–Trinajstić information content (AvgIpc) is 3.52.